The molecule has 0 atom stereocenters. The topological polar surface area (TPSA) is 110 Å². The summed E-state index contributed by atoms with van der Waals surface area (Å²) < 4.78 is 49.4. The maximum Gasteiger partial charge on any atom is 0.244 e. The van der Waals surface area contributed by atoms with E-state index in [9.17, 15) is 16.8 Å². The molecule has 0 unspecified atom stereocenters. The van der Waals surface area contributed by atoms with Crippen LogP contribution in [0.2, 0.25) is 0 Å². The van der Waals surface area contributed by atoms with Crippen LogP contribution in [0, 0.1) is 0 Å². The number of sulfonamides is 1. The molecule has 1 fully saturated rings. The van der Waals surface area contributed by atoms with Crippen LogP contribution >= 0.6 is 0 Å². The first-order chi connectivity index (χ1) is 9.37. The standard InChI is InChI=1S/C11H17N3O4S2/c12-9-10-11(3-1-4-13-10)20(17,18)14-5-2-7-19(15,16)8-6-14/h1,3-4H,2,5-9,12H2. The molecule has 1 saturated heterocycles. The van der Waals surface area contributed by atoms with Crippen LogP contribution in [0.1, 0.15) is 12.1 Å². The molecule has 9 heteroatoms. The molecule has 2 heterocycles. The molecule has 0 aromatic carbocycles. The first-order valence-corrected chi connectivity index (χ1v) is 9.47. The molecule has 0 bridgehead atoms. The zero-order chi connectivity index (χ0) is 14.8. The Balaban J connectivity index is 2.35. The van der Waals surface area contributed by atoms with Crippen molar-refractivity contribution >= 4 is 19.9 Å². The van der Waals surface area contributed by atoms with Gasteiger partial charge in [0.15, 0.2) is 9.84 Å². The Morgan fingerprint density at radius 1 is 1.30 bits per heavy atom. The van der Waals surface area contributed by atoms with E-state index in [1.54, 1.807) is 0 Å². The molecule has 1 aromatic rings. The van der Waals surface area contributed by atoms with Crippen molar-refractivity contribution in [3.05, 3.63) is 24.0 Å². The van der Waals surface area contributed by atoms with E-state index in [1.165, 1.54) is 22.6 Å². The smallest absolute Gasteiger partial charge is 0.244 e. The lowest BCUT2D eigenvalue weighted by atomic mass is 10.3. The average Bonchev–Trinajstić information content (AvgIpc) is 2.60. The normalized spacial score (nSPS) is 20.4. The Morgan fingerprint density at radius 2 is 2.05 bits per heavy atom. The zero-order valence-electron chi connectivity index (χ0n) is 10.9. The second kappa shape index (κ2) is 5.76. The highest BCUT2D eigenvalue weighted by molar-refractivity contribution is 7.91. The van der Waals surface area contributed by atoms with Crippen LogP contribution in [-0.4, -0.2) is 50.7 Å². The lowest BCUT2D eigenvalue weighted by Gasteiger charge is -2.20. The number of hydrogen-bond donors (Lipinski definition) is 1. The number of rotatable bonds is 3. The van der Waals surface area contributed by atoms with Crippen LogP contribution < -0.4 is 5.73 Å². The van der Waals surface area contributed by atoms with Crippen molar-refractivity contribution in [1.82, 2.24) is 9.29 Å². The quantitative estimate of drug-likeness (QED) is 0.792. The fraction of sp³-hybridized carbons (Fsp3) is 0.545. The molecule has 2 rings (SSSR count). The van der Waals surface area contributed by atoms with E-state index in [-0.39, 0.29) is 36.0 Å². The summed E-state index contributed by atoms with van der Waals surface area (Å²) >= 11 is 0. The summed E-state index contributed by atoms with van der Waals surface area (Å²) in [6, 6.07) is 2.98. The van der Waals surface area contributed by atoms with Crippen LogP contribution in [0.3, 0.4) is 0 Å². The maximum absolute atomic E-state index is 12.6. The highest BCUT2D eigenvalue weighted by Crippen LogP contribution is 2.20. The number of nitrogens with zero attached hydrogens (tertiary/aromatic N) is 2. The van der Waals surface area contributed by atoms with Gasteiger partial charge in [0.2, 0.25) is 10.0 Å². The Morgan fingerprint density at radius 3 is 2.75 bits per heavy atom. The van der Waals surface area contributed by atoms with Crippen molar-refractivity contribution in [1.29, 1.82) is 0 Å². The highest BCUT2D eigenvalue weighted by atomic mass is 32.2. The Kier molecular flexibility index (Phi) is 4.43. The predicted octanol–water partition coefficient (Wildman–Crippen LogP) is -0.650. The molecule has 7 nitrogen and oxygen atoms in total. The van der Waals surface area contributed by atoms with Gasteiger partial charge in [-0.05, 0) is 18.6 Å². The number of nitrogens with two attached hydrogens (primary N) is 1. The van der Waals surface area contributed by atoms with Crippen LogP contribution in [-0.2, 0) is 26.4 Å². The number of aromatic nitrogens is 1. The molecule has 0 saturated carbocycles. The number of sulfone groups is 1. The molecule has 20 heavy (non-hydrogen) atoms. The van der Waals surface area contributed by atoms with Crippen LogP contribution in [0.15, 0.2) is 23.2 Å². The van der Waals surface area contributed by atoms with Crippen molar-refractivity contribution in [2.45, 2.75) is 17.9 Å². The SMILES string of the molecule is NCc1ncccc1S(=O)(=O)N1CCCS(=O)(=O)CC1. The molecule has 0 spiro atoms. The summed E-state index contributed by atoms with van der Waals surface area (Å²) in [7, 11) is -6.91. The van der Waals surface area contributed by atoms with Gasteiger partial charge < -0.3 is 5.73 Å². The third kappa shape index (κ3) is 3.17. The van der Waals surface area contributed by atoms with Gasteiger partial charge in [-0.3, -0.25) is 4.98 Å². The molecule has 1 aromatic heterocycles. The molecule has 1 aliphatic heterocycles. The van der Waals surface area contributed by atoms with E-state index in [4.69, 9.17) is 5.73 Å². The van der Waals surface area contributed by atoms with Gasteiger partial charge >= 0.3 is 0 Å². The number of pyridine rings is 1. The second-order valence-corrected chi connectivity index (χ2v) is 8.77. The van der Waals surface area contributed by atoms with Gasteiger partial charge in [-0.1, -0.05) is 0 Å². The zero-order valence-corrected chi connectivity index (χ0v) is 12.5. The summed E-state index contributed by atoms with van der Waals surface area (Å²) in [6.45, 7) is 0.186. The van der Waals surface area contributed by atoms with Gasteiger partial charge in [0.25, 0.3) is 0 Å². The Labute approximate surface area is 118 Å². The molecule has 0 radical (unpaired) electrons. The van der Waals surface area contributed by atoms with E-state index in [2.05, 4.69) is 4.98 Å². The lowest BCUT2D eigenvalue weighted by Crippen LogP contribution is -2.34. The minimum Gasteiger partial charge on any atom is -0.325 e. The van der Waals surface area contributed by atoms with Crippen LogP contribution in [0.5, 0.6) is 0 Å². The molecule has 1 aliphatic rings. The first-order valence-electron chi connectivity index (χ1n) is 6.21. The van der Waals surface area contributed by atoms with Gasteiger partial charge in [0.05, 0.1) is 17.2 Å². The van der Waals surface area contributed by atoms with E-state index in [1.807, 2.05) is 0 Å². The fourth-order valence-corrected chi connectivity index (χ4v) is 5.16. The van der Waals surface area contributed by atoms with E-state index >= 15 is 0 Å². The average molecular weight is 319 g/mol. The monoisotopic (exact) mass is 319 g/mol. The highest BCUT2D eigenvalue weighted by Gasteiger charge is 2.30. The van der Waals surface area contributed by atoms with E-state index in [0.29, 0.717) is 12.1 Å². The molecule has 2 N–H and O–H groups in total. The summed E-state index contributed by atoms with van der Waals surface area (Å²) in [5.74, 6) is -0.125. The van der Waals surface area contributed by atoms with Crippen molar-refractivity contribution in [3.63, 3.8) is 0 Å². The molecule has 0 amide bonds. The largest absolute Gasteiger partial charge is 0.325 e. The summed E-state index contributed by atoms with van der Waals surface area (Å²) in [5, 5.41) is 0. The van der Waals surface area contributed by atoms with Gasteiger partial charge in [-0.25, -0.2) is 16.8 Å². The molecular formula is C11H17N3O4S2. The van der Waals surface area contributed by atoms with Gasteiger partial charge in [-0.2, -0.15) is 4.31 Å². The third-order valence-corrected chi connectivity index (χ3v) is 6.86. The number of hydrogen-bond acceptors (Lipinski definition) is 6. The minimum atomic E-state index is -3.75. The Bertz CT molecular complexity index is 685. The van der Waals surface area contributed by atoms with Crippen molar-refractivity contribution < 1.29 is 16.8 Å². The molecule has 0 aliphatic carbocycles. The summed E-state index contributed by atoms with van der Waals surface area (Å²) in [5.41, 5.74) is 5.80. The second-order valence-electron chi connectivity index (χ2n) is 4.56. The van der Waals surface area contributed by atoms with Crippen molar-refractivity contribution in [2.75, 3.05) is 24.6 Å². The maximum atomic E-state index is 12.6. The minimum absolute atomic E-state index is 0.0154. The van der Waals surface area contributed by atoms with Crippen LogP contribution in [0.25, 0.3) is 0 Å². The van der Waals surface area contributed by atoms with Gasteiger partial charge in [-0.15, -0.1) is 0 Å². The van der Waals surface area contributed by atoms with Crippen molar-refractivity contribution in [2.24, 2.45) is 5.73 Å². The van der Waals surface area contributed by atoms with Crippen LogP contribution in [0.4, 0.5) is 0 Å². The molecule has 112 valence electrons. The predicted molar refractivity (Wildman–Crippen MR) is 74.2 cm³/mol. The Hall–Kier alpha value is -1.03. The lowest BCUT2D eigenvalue weighted by molar-refractivity contribution is 0.433. The summed E-state index contributed by atoms with van der Waals surface area (Å²) in [4.78, 5) is 4.02. The van der Waals surface area contributed by atoms with E-state index < -0.39 is 19.9 Å². The van der Waals surface area contributed by atoms with Gasteiger partial charge in [0.1, 0.15) is 4.90 Å². The van der Waals surface area contributed by atoms with Gasteiger partial charge in [0, 0.05) is 25.8 Å². The fourth-order valence-electron chi connectivity index (χ4n) is 2.11. The first kappa shape index (κ1) is 15.4. The molecular weight excluding hydrogens is 302 g/mol. The van der Waals surface area contributed by atoms with Crippen molar-refractivity contribution in [3.8, 4) is 0 Å². The third-order valence-electron chi connectivity index (χ3n) is 3.17. The summed E-state index contributed by atoms with van der Waals surface area (Å²) in [6.07, 6.45) is 1.79. The van der Waals surface area contributed by atoms with E-state index in [0.717, 1.165) is 0 Å².